The van der Waals surface area contributed by atoms with E-state index in [-0.39, 0.29) is 11.8 Å². The molecule has 4 nitrogen and oxygen atoms in total. The van der Waals surface area contributed by atoms with Gasteiger partial charge in [0.1, 0.15) is 0 Å². The van der Waals surface area contributed by atoms with Crippen molar-refractivity contribution < 1.29 is 19.1 Å². The van der Waals surface area contributed by atoms with Crippen LogP contribution in [-0.2, 0) is 15.9 Å². The molecule has 0 spiro atoms. The van der Waals surface area contributed by atoms with Gasteiger partial charge in [0.15, 0.2) is 5.78 Å². The number of carbonyl (C=O) groups excluding carboxylic acids is 2. The van der Waals surface area contributed by atoms with E-state index in [0.717, 1.165) is 37.0 Å². The van der Waals surface area contributed by atoms with Gasteiger partial charge in [-0.1, -0.05) is 6.08 Å². The molecule has 21 heavy (non-hydrogen) atoms. The number of methoxy groups -OCH3 is 1. The van der Waals surface area contributed by atoms with Gasteiger partial charge in [0.2, 0.25) is 0 Å². The van der Waals surface area contributed by atoms with Crippen LogP contribution in [0.5, 0.6) is 0 Å². The summed E-state index contributed by atoms with van der Waals surface area (Å²) in [5, 5.41) is 0. The number of carbonyl (C=O) groups is 2. The van der Waals surface area contributed by atoms with Crippen molar-refractivity contribution in [2.24, 2.45) is 5.92 Å². The minimum atomic E-state index is -0.366. The van der Waals surface area contributed by atoms with Gasteiger partial charge in [-0.25, -0.2) is 4.79 Å². The maximum Gasteiger partial charge on any atom is 0.337 e. The molecule has 1 aromatic carbocycles. The van der Waals surface area contributed by atoms with E-state index in [0.29, 0.717) is 23.7 Å². The van der Waals surface area contributed by atoms with Crippen molar-refractivity contribution in [3.8, 4) is 0 Å². The molecular formula is C17H18O4. The van der Waals surface area contributed by atoms with Crippen molar-refractivity contribution >= 4 is 11.8 Å². The smallest absolute Gasteiger partial charge is 0.337 e. The average Bonchev–Trinajstić information content (AvgIpc) is 3.02. The Morgan fingerprint density at radius 3 is 2.95 bits per heavy atom. The summed E-state index contributed by atoms with van der Waals surface area (Å²) in [6, 6.07) is 5.17. The lowest BCUT2D eigenvalue weighted by Gasteiger charge is -2.19. The summed E-state index contributed by atoms with van der Waals surface area (Å²) in [5.74, 6) is 0.0779. The number of benzene rings is 1. The van der Waals surface area contributed by atoms with Crippen molar-refractivity contribution in [3.63, 3.8) is 0 Å². The van der Waals surface area contributed by atoms with Crippen LogP contribution < -0.4 is 0 Å². The van der Waals surface area contributed by atoms with Crippen LogP contribution in [0, 0.1) is 5.92 Å². The first-order valence-electron chi connectivity index (χ1n) is 7.23. The summed E-state index contributed by atoms with van der Waals surface area (Å²) in [4.78, 5) is 24.1. The maximum atomic E-state index is 12.5. The number of aryl methyl sites for hydroxylation is 1. The van der Waals surface area contributed by atoms with E-state index < -0.39 is 0 Å². The van der Waals surface area contributed by atoms with E-state index in [4.69, 9.17) is 9.47 Å². The zero-order valence-electron chi connectivity index (χ0n) is 12.1. The zero-order valence-corrected chi connectivity index (χ0v) is 12.1. The number of esters is 1. The lowest BCUT2D eigenvalue weighted by molar-refractivity contribution is 0.0600. The van der Waals surface area contributed by atoms with E-state index >= 15 is 0 Å². The van der Waals surface area contributed by atoms with Crippen LogP contribution in [0.25, 0.3) is 0 Å². The van der Waals surface area contributed by atoms with Crippen LogP contribution in [0.15, 0.2) is 29.8 Å². The number of fused-ring (bicyclic) bond motifs is 1. The van der Waals surface area contributed by atoms with Crippen LogP contribution in [0.4, 0.5) is 0 Å². The zero-order chi connectivity index (χ0) is 14.8. The second-order valence-electron chi connectivity index (χ2n) is 5.51. The van der Waals surface area contributed by atoms with Crippen LogP contribution in [0.3, 0.4) is 0 Å². The minimum absolute atomic E-state index is 0.0829. The molecule has 1 fully saturated rings. The first-order valence-corrected chi connectivity index (χ1v) is 7.23. The highest BCUT2D eigenvalue weighted by Crippen LogP contribution is 2.28. The predicted octanol–water partition coefficient (Wildman–Crippen LogP) is 2.57. The Labute approximate surface area is 123 Å². The molecule has 0 aromatic heterocycles. The van der Waals surface area contributed by atoms with Gasteiger partial charge in [0.05, 0.1) is 19.3 Å². The van der Waals surface area contributed by atoms with Gasteiger partial charge in [-0.2, -0.15) is 0 Å². The standard InChI is InChI=1S/C17H18O4/c1-20-17(19)14-4-5-15-12(9-14)2-3-13(16(15)18)8-11-6-7-21-10-11/h4-5,8-9,11H,2-3,6-7,10H2,1H3. The van der Waals surface area contributed by atoms with Crippen LogP contribution in [0.1, 0.15) is 39.1 Å². The summed E-state index contributed by atoms with van der Waals surface area (Å²) >= 11 is 0. The minimum Gasteiger partial charge on any atom is -0.465 e. The third-order valence-corrected chi connectivity index (χ3v) is 4.13. The molecule has 1 heterocycles. The summed E-state index contributed by atoms with van der Waals surface area (Å²) in [6.07, 6.45) is 4.58. The molecule has 0 N–H and O–H groups in total. The molecule has 1 atom stereocenters. The molecule has 3 rings (SSSR count). The maximum absolute atomic E-state index is 12.5. The number of hydrogen-bond acceptors (Lipinski definition) is 4. The molecule has 110 valence electrons. The largest absolute Gasteiger partial charge is 0.465 e. The summed E-state index contributed by atoms with van der Waals surface area (Å²) in [7, 11) is 1.36. The van der Waals surface area contributed by atoms with Gasteiger partial charge in [0.25, 0.3) is 0 Å². The Kier molecular flexibility index (Phi) is 3.88. The van der Waals surface area contributed by atoms with Crippen LogP contribution >= 0.6 is 0 Å². The summed E-state index contributed by atoms with van der Waals surface area (Å²) in [5.41, 5.74) is 3.02. The van der Waals surface area contributed by atoms with E-state index in [9.17, 15) is 9.59 Å². The molecule has 0 bridgehead atoms. The van der Waals surface area contributed by atoms with Crippen LogP contribution in [0.2, 0.25) is 0 Å². The Balaban J connectivity index is 1.86. The normalized spacial score (nSPS) is 23.2. The molecule has 1 aromatic rings. The van der Waals surface area contributed by atoms with Crippen molar-refractivity contribution in [3.05, 3.63) is 46.5 Å². The molecule has 2 aliphatic rings. The Morgan fingerprint density at radius 2 is 2.24 bits per heavy atom. The quantitative estimate of drug-likeness (QED) is 0.619. The molecule has 0 amide bonds. The van der Waals surface area contributed by atoms with E-state index in [2.05, 4.69) is 6.08 Å². The Morgan fingerprint density at radius 1 is 1.38 bits per heavy atom. The lowest BCUT2D eigenvalue weighted by atomic mass is 9.84. The van der Waals surface area contributed by atoms with Gasteiger partial charge in [-0.05, 0) is 48.6 Å². The van der Waals surface area contributed by atoms with Crippen LogP contribution in [-0.4, -0.2) is 32.1 Å². The Hall–Kier alpha value is -1.94. The average molecular weight is 286 g/mol. The fourth-order valence-electron chi connectivity index (χ4n) is 2.95. The lowest BCUT2D eigenvalue weighted by Crippen LogP contribution is -2.16. The van der Waals surface area contributed by atoms with Gasteiger partial charge in [0, 0.05) is 18.1 Å². The molecule has 1 aliphatic carbocycles. The molecule has 1 unspecified atom stereocenters. The van der Waals surface area contributed by atoms with Gasteiger partial charge in [-0.15, -0.1) is 0 Å². The van der Waals surface area contributed by atoms with Crippen molar-refractivity contribution in [2.75, 3.05) is 20.3 Å². The van der Waals surface area contributed by atoms with E-state index in [1.807, 2.05) is 0 Å². The monoisotopic (exact) mass is 286 g/mol. The second kappa shape index (κ2) is 5.82. The molecule has 1 saturated heterocycles. The molecule has 1 aliphatic heterocycles. The van der Waals surface area contributed by atoms with Crippen molar-refractivity contribution in [2.45, 2.75) is 19.3 Å². The second-order valence-corrected chi connectivity index (χ2v) is 5.51. The summed E-state index contributed by atoms with van der Waals surface area (Å²) < 4.78 is 10.1. The number of hydrogen-bond donors (Lipinski definition) is 0. The third kappa shape index (κ3) is 2.76. The topological polar surface area (TPSA) is 52.6 Å². The van der Waals surface area contributed by atoms with Crippen molar-refractivity contribution in [1.29, 1.82) is 0 Å². The highest BCUT2D eigenvalue weighted by atomic mass is 16.5. The highest BCUT2D eigenvalue weighted by Gasteiger charge is 2.25. The van der Waals surface area contributed by atoms with E-state index in [1.54, 1.807) is 18.2 Å². The van der Waals surface area contributed by atoms with Gasteiger partial charge >= 0.3 is 5.97 Å². The molecule has 0 saturated carbocycles. The fraction of sp³-hybridized carbons (Fsp3) is 0.412. The number of allylic oxidation sites excluding steroid dienone is 1. The van der Waals surface area contributed by atoms with Crippen molar-refractivity contribution in [1.82, 2.24) is 0 Å². The number of rotatable bonds is 2. The first-order chi connectivity index (χ1) is 10.2. The predicted molar refractivity (Wildman–Crippen MR) is 77.4 cm³/mol. The van der Waals surface area contributed by atoms with E-state index in [1.165, 1.54) is 7.11 Å². The Bertz CT molecular complexity index is 609. The number of ether oxygens (including phenoxy) is 2. The fourth-order valence-corrected chi connectivity index (χ4v) is 2.95. The number of ketones is 1. The molecule has 0 radical (unpaired) electrons. The molecular weight excluding hydrogens is 268 g/mol. The first kappa shape index (κ1) is 14.0. The SMILES string of the molecule is COC(=O)c1ccc2c(c1)CCC(=CC1CCOC1)C2=O. The third-order valence-electron chi connectivity index (χ3n) is 4.13. The van der Waals surface area contributed by atoms with Gasteiger partial charge < -0.3 is 9.47 Å². The number of Topliss-reactive ketones (excluding diaryl/α,β-unsaturated/α-hetero) is 1. The molecule has 4 heteroatoms. The highest BCUT2D eigenvalue weighted by molar-refractivity contribution is 6.11. The summed E-state index contributed by atoms with van der Waals surface area (Å²) in [6.45, 7) is 1.49. The van der Waals surface area contributed by atoms with Gasteiger partial charge in [-0.3, -0.25) is 4.79 Å².